The summed E-state index contributed by atoms with van der Waals surface area (Å²) in [5.74, 6) is 0. The van der Waals surface area contributed by atoms with E-state index < -0.39 is 0 Å². The zero-order valence-electron chi connectivity index (χ0n) is 7.26. The number of hydrogen-bond acceptors (Lipinski definition) is 1. The molecule has 1 nitrogen and oxygen atoms in total. The van der Waals surface area contributed by atoms with E-state index in [1.54, 1.807) is 0 Å². The molecular weight excluding hydrogens is 214 g/mol. The van der Waals surface area contributed by atoms with Crippen LogP contribution in [0.1, 0.15) is 18.9 Å². The molecule has 0 aliphatic rings. The summed E-state index contributed by atoms with van der Waals surface area (Å²) in [7, 11) is 0. The van der Waals surface area contributed by atoms with Crippen molar-refractivity contribution in [2.24, 2.45) is 5.73 Å². The molecule has 2 heteroatoms. The Morgan fingerprint density at radius 3 is 2.83 bits per heavy atom. The highest BCUT2D eigenvalue weighted by molar-refractivity contribution is 9.10. The molecule has 0 aromatic heterocycles. The summed E-state index contributed by atoms with van der Waals surface area (Å²) in [6.07, 6.45) is 2.00. The second-order valence-electron chi connectivity index (χ2n) is 3.00. The van der Waals surface area contributed by atoms with Gasteiger partial charge in [-0.25, -0.2) is 0 Å². The smallest absolute Gasteiger partial charge is 0.0178 e. The largest absolute Gasteiger partial charge is 0.327 e. The topological polar surface area (TPSA) is 26.0 Å². The van der Waals surface area contributed by atoms with Gasteiger partial charge in [-0.3, -0.25) is 0 Å². The molecule has 1 aromatic rings. The van der Waals surface area contributed by atoms with Gasteiger partial charge in [0, 0.05) is 10.5 Å². The Morgan fingerprint density at radius 2 is 2.25 bits per heavy atom. The zero-order chi connectivity index (χ0) is 8.97. The molecule has 0 amide bonds. The van der Waals surface area contributed by atoms with Crippen molar-refractivity contribution in [3.05, 3.63) is 34.3 Å². The van der Waals surface area contributed by atoms with Crippen LogP contribution < -0.4 is 5.73 Å². The molecule has 0 heterocycles. The van der Waals surface area contributed by atoms with Gasteiger partial charge >= 0.3 is 0 Å². The molecule has 12 heavy (non-hydrogen) atoms. The highest BCUT2D eigenvalue weighted by atomic mass is 79.9. The molecule has 0 saturated carbocycles. The standard InChI is InChI=1S/C10H14BrN/c1-2-10(12)7-8-4-3-5-9(11)6-8/h3-6,10H,2,7,12H2,1H3/t10-/m0/s1. The van der Waals surface area contributed by atoms with Crippen LogP contribution in [0.5, 0.6) is 0 Å². The maximum Gasteiger partial charge on any atom is 0.0178 e. The molecule has 2 N–H and O–H groups in total. The van der Waals surface area contributed by atoms with Crippen molar-refractivity contribution < 1.29 is 0 Å². The predicted molar refractivity (Wildman–Crippen MR) is 56.1 cm³/mol. The third-order valence-electron chi connectivity index (χ3n) is 1.91. The van der Waals surface area contributed by atoms with Gasteiger partial charge in [-0.05, 0) is 30.5 Å². The first-order valence-electron chi connectivity index (χ1n) is 4.22. The van der Waals surface area contributed by atoms with Gasteiger partial charge in [0.05, 0.1) is 0 Å². The van der Waals surface area contributed by atoms with E-state index >= 15 is 0 Å². The number of rotatable bonds is 3. The van der Waals surface area contributed by atoms with Gasteiger partial charge in [-0.1, -0.05) is 35.0 Å². The van der Waals surface area contributed by atoms with Crippen LogP contribution in [0.2, 0.25) is 0 Å². The Kier molecular flexibility index (Phi) is 3.76. The van der Waals surface area contributed by atoms with E-state index in [-0.39, 0.29) is 0 Å². The van der Waals surface area contributed by atoms with Gasteiger partial charge in [0.25, 0.3) is 0 Å². The molecule has 0 aliphatic carbocycles. The lowest BCUT2D eigenvalue weighted by Crippen LogP contribution is -2.21. The van der Waals surface area contributed by atoms with E-state index in [1.807, 2.05) is 12.1 Å². The molecule has 0 spiro atoms. The first-order valence-corrected chi connectivity index (χ1v) is 5.01. The fraction of sp³-hybridized carbons (Fsp3) is 0.400. The van der Waals surface area contributed by atoms with E-state index in [0.29, 0.717) is 6.04 Å². The number of halogens is 1. The molecular formula is C10H14BrN. The Hall–Kier alpha value is -0.340. The van der Waals surface area contributed by atoms with E-state index in [2.05, 4.69) is 35.0 Å². The Bertz CT molecular complexity index is 247. The van der Waals surface area contributed by atoms with E-state index in [4.69, 9.17) is 5.73 Å². The molecule has 0 fully saturated rings. The quantitative estimate of drug-likeness (QED) is 0.845. The average Bonchev–Trinajstić information content (AvgIpc) is 2.04. The fourth-order valence-electron chi connectivity index (χ4n) is 1.11. The predicted octanol–water partition coefficient (Wildman–Crippen LogP) is 2.73. The van der Waals surface area contributed by atoms with Crippen LogP contribution >= 0.6 is 15.9 Å². The summed E-state index contributed by atoms with van der Waals surface area (Å²) in [4.78, 5) is 0. The number of benzene rings is 1. The maximum atomic E-state index is 5.84. The minimum Gasteiger partial charge on any atom is -0.327 e. The van der Waals surface area contributed by atoms with Gasteiger partial charge in [0.2, 0.25) is 0 Å². The van der Waals surface area contributed by atoms with Gasteiger partial charge in [-0.2, -0.15) is 0 Å². The summed E-state index contributed by atoms with van der Waals surface area (Å²) in [6.45, 7) is 2.11. The minimum atomic E-state index is 0.291. The van der Waals surface area contributed by atoms with Crippen molar-refractivity contribution in [2.45, 2.75) is 25.8 Å². The van der Waals surface area contributed by atoms with Gasteiger partial charge < -0.3 is 5.73 Å². The van der Waals surface area contributed by atoms with E-state index in [0.717, 1.165) is 17.3 Å². The summed E-state index contributed by atoms with van der Waals surface area (Å²) < 4.78 is 1.13. The normalized spacial score (nSPS) is 12.9. The monoisotopic (exact) mass is 227 g/mol. The van der Waals surface area contributed by atoms with Gasteiger partial charge in [-0.15, -0.1) is 0 Å². The third-order valence-corrected chi connectivity index (χ3v) is 2.40. The second-order valence-corrected chi connectivity index (χ2v) is 3.92. The summed E-state index contributed by atoms with van der Waals surface area (Å²) in [6, 6.07) is 8.60. The average molecular weight is 228 g/mol. The summed E-state index contributed by atoms with van der Waals surface area (Å²) in [5, 5.41) is 0. The lowest BCUT2D eigenvalue weighted by atomic mass is 10.1. The van der Waals surface area contributed by atoms with Crippen molar-refractivity contribution in [1.82, 2.24) is 0 Å². The fourth-order valence-corrected chi connectivity index (χ4v) is 1.56. The molecule has 0 aliphatic heterocycles. The van der Waals surface area contributed by atoms with Crippen LogP contribution in [0.4, 0.5) is 0 Å². The number of hydrogen-bond donors (Lipinski definition) is 1. The maximum absolute atomic E-state index is 5.84. The van der Waals surface area contributed by atoms with Crippen LogP contribution in [-0.4, -0.2) is 6.04 Å². The van der Waals surface area contributed by atoms with Crippen LogP contribution in [0.25, 0.3) is 0 Å². The molecule has 66 valence electrons. The Morgan fingerprint density at radius 1 is 1.50 bits per heavy atom. The van der Waals surface area contributed by atoms with Crippen molar-refractivity contribution in [2.75, 3.05) is 0 Å². The van der Waals surface area contributed by atoms with E-state index in [9.17, 15) is 0 Å². The van der Waals surface area contributed by atoms with Crippen molar-refractivity contribution in [1.29, 1.82) is 0 Å². The minimum absolute atomic E-state index is 0.291. The molecule has 0 bridgehead atoms. The van der Waals surface area contributed by atoms with Crippen LogP contribution in [0, 0.1) is 0 Å². The lowest BCUT2D eigenvalue weighted by molar-refractivity contribution is 0.646. The molecule has 0 saturated heterocycles. The summed E-state index contributed by atoms with van der Waals surface area (Å²) in [5.41, 5.74) is 7.14. The van der Waals surface area contributed by atoms with Gasteiger partial charge in [0.1, 0.15) is 0 Å². The molecule has 1 rings (SSSR count). The van der Waals surface area contributed by atoms with Gasteiger partial charge in [0.15, 0.2) is 0 Å². The highest BCUT2D eigenvalue weighted by Crippen LogP contribution is 2.13. The Labute approximate surface area is 82.1 Å². The molecule has 0 radical (unpaired) electrons. The van der Waals surface area contributed by atoms with Crippen molar-refractivity contribution in [3.63, 3.8) is 0 Å². The van der Waals surface area contributed by atoms with Crippen molar-refractivity contribution in [3.8, 4) is 0 Å². The first-order chi connectivity index (χ1) is 5.72. The van der Waals surface area contributed by atoms with Crippen LogP contribution in [-0.2, 0) is 6.42 Å². The zero-order valence-corrected chi connectivity index (χ0v) is 8.84. The molecule has 1 aromatic carbocycles. The van der Waals surface area contributed by atoms with Crippen LogP contribution in [0.3, 0.4) is 0 Å². The number of nitrogens with two attached hydrogens (primary N) is 1. The van der Waals surface area contributed by atoms with Crippen molar-refractivity contribution >= 4 is 15.9 Å². The highest BCUT2D eigenvalue weighted by Gasteiger charge is 2.00. The first kappa shape index (κ1) is 9.75. The molecule has 1 atom stereocenters. The lowest BCUT2D eigenvalue weighted by Gasteiger charge is -2.08. The van der Waals surface area contributed by atoms with Crippen LogP contribution in [0.15, 0.2) is 28.7 Å². The SMILES string of the molecule is CC[C@H](N)Cc1cccc(Br)c1. The molecule has 0 unspecified atom stereocenters. The van der Waals surface area contributed by atoms with E-state index in [1.165, 1.54) is 5.56 Å². The third kappa shape index (κ3) is 2.95. The second kappa shape index (κ2) is 4.63. The summed E-state index contributed by atoms with van der Waals surface area (Å²) >= 11 is 3.43. The Balaban J connectivity index is 2.63.